The van der Waals surface area contributed by atoms with Gasteiger partial charge in [-0.2, -0.15) is 4.31 Å². The van der Waals surface area contributed by atoms with Crippen LogP contribution in [0.2, 0.25) is 0 Å². The van der Waals surface area contributed by atoms with E-state index in [9.17, 15) is 22.8 Å². The maximum Gasteiger partial charge on any atom is 0.371 e. The lowest BCUT2D eigenvalue weighted by atomic mass is 9.96. The summed E-state index contributed by atoms with van der Waals surface area (Å²) < 4.78 is 31.2. The number of sulfonamides is 1. The van der Waals surface area contributed by atoms with Crippen molar-refractivity contribution in [3.05, 3.63) is 17.9 Å². The fourth-order valence-electron chi connectivity index (χ4n) is 3.26. The van der Waals surface area contributed by atoms with Crippen molar-refractivity contribution in [2.45, 2.75) is 36.8 Å². The average molecular weight is 399 g/mol. The highest BCUT2D eigenvalue weighted by Gasteiger charge is 2.35. The molecule has 0 saturated carbocycles. The Kier molecular flexibility index (Phi) is 5.51. The van der Waals surface area contributed by atoms with Gasteiger partial charge in [-0.1, -0.05) is 0 Å². The second kappa shape index (κ2) is 7.69. The Labute approximate surface area is 155 Å². The zero-order valence-electron chi connectivity index (χ0n) is 14.5. The molecular formula is C16H21N3O7S. The van der Waals surface area contributed by atoms with E-state index in [0.717, 1.165) is 18.6 Å². The molecule has 2 amide bonds. The molecule has 3 heterocycles. The lowest BCUT2D eigenvalue weighted by Gasteiger charge is -2.31. The molecule has 0 aliphatic carbocycles. The van der Waals surface area contributed by atoms with Gasteiger partial charge < -0.3 is 20.2 Å². The number of hydrogen-bond acceptors (Lipinski definition) is 6. The van der Waals surface area contributed by atoms with Gasteiger partial charge in [-0.25, -0.2) is 13.2 Å². The van der Waals surface area contributed by atoms with E-state index in [4.69, 9.17) is 9.52 Å². The van der Waals surface area contributed by atoms with Gasteiger partial charge in [0.25, 0.3) is 10.0 Å². The lowest BCUT2D eigenvalue weighted by Crippen LogP contribution is -2.52. The molecule has 1 aromatic rings. The minimum atomic E-state index is -3.95. The van der Waals surface area contributed by atoms with Crippen LogP contribution in [-0.4, -0.2) is 61.3 Å². The van der Waals surface area contributed by atoms with Crippen LogP contribution in [0.3, 0.4) is 0 Å². The molecule has 1 unspecified atom stereocenters. The largest absolute Gasteiger partial charge is 0.475 e. The number of carbonyl (C=O) groups is 3. The second-order valence-electron chi connectivity index (χ2n) is 6.60. The van der Waals surface area contributed by atoms with Gasteiger partial charge in [-0.15, -0.1) is 0 Å². The lowest BCUT2D eigenvalue weighted by molar-refractivity contribution is -0.132. The highest BCUT2D eigenvalue weighted by molar-refractivity contribution is 7.89. The summed E-state index contributed by atoms with van der Waals surface area (Å²) in [6, 6.07) is 1.66. The normalized spacial score (nSPS) is 22.2. The van der Waals surface area contributed by atoms with Crippen LogP contribution in [0.15, 0.2) is 21.6 Å². The summed E-state index contributed by atoms with van der Waals surface area (Å²) in [6.07, 6.45) is 2.02. The third-order valence-corrected chi connectivity index (χ3v) is 6.59. The first-order chi connectivity index (χ1) is 12.8. The quantitative estimate of drug-likeness (QED) is 0.620. The number of aromatic carboxylic acids is 1. The van der Waals surface area contributed by atoms with Gasteiger partial charge in [0.1, 0.15) is 6.04 Å². The molecule has 148 valence electrons. The van der Waals surface area contributed by atoms with Crippen molar-refractivity contribution in [3.63, 3.8) is 0 Å². The summed E-state index contributed by atoms with van der Waals surface area (Å²) in [7, 11) is -3.95. The molecule has 0 bridgehead atoms. The minimum Gasteiger partial charge on any atom is -0.475 e. The van der Waals surface area contributed by atoms with Crippen molar-refractivity contribution < 1.29 is 32.3 Å². The zero-order chi connectivity index (χ0) is 19.6. The summed E-state index contributed by atoms with van der Waals surface area (Å²) in [6.45, 7) is 0.832. The Hall–Kier alpha value is -2.40. The van der Waals surface area contributed by atoms with Crippen LogP contribution in [-0.2, 0) is 19.6 Å². The van der Waals surface area contributed by atoms with Crippen LogP contribution in [0, 0.1) is 5.92 Å². The van der Waals surface area contributed by atoms with Gasteiger partial charge in [0, 0.05) is 25.6 Å². The Morgan fingerprint density at radius 2 is 1.93 bits per heavy atom. The summed E-state index contributed by atoms with van der Waals surface area (Å²) >= 11 is 0. The maximum atomic E-state index is 12.5. The second-order valence-corrected chi connectivity index (χ2v) is 8.47. The molecule has 2 aliphatic rings. The van der Waals surface area contributed by atoms with Crippen LogP contribution >= 0.6 is 0 Å². The van der Waals surface area contributed by atoms with Crippen LogP contribution in [0.25, 0.3) is 0 Å². The van der Waals surface area contributed by atoms with E-state index in [1.165, 1.54) is 4.31 Å². The molecule has 2 aliphatic heterocycles. The third kappa shape index (κ3) is 4.14. The van der Waals surface area contributed by atoms with Crippen molar-refractivity contribution in [3.8, 4) is 0 Å². The minimum absolute atomic E-state index is 0.111. The molecule has 2 saturated heterocycles. The smallest absolute Gasteiger partial charge is 0.371 e. The summed E-state index contributed by atoms with van der Waals surface area (Å²) in [5.41, 5.74) is 0. The number of nitrogens with zero attached hydrogens (tertiary/aromatic N) is 1. The Balaban J connectivity index is 1.58. The number of carboxylic acids is 1. The maximum absolute atomic E-state index is 12.5. The molecule has 27 heavy (non-hydrogen) atoms. The number of nitrogens with one attached hydrogen (secondary N) is 2. The van der Waals surface area contributed by atoms with Crippen LogP contribution < -0.4 is 10.6 Å². The first-order valence-electron chi connectivity index (χ1n) is 8.70. The standard InChI is InChI=1S/C16H21N3O7S/c20-14(18-11-2-1-7-17-15(11)21)10-5-8-19(9-6-10)27(24,25)13-4-3-12(26-13)16(22)23/h3-4,10-11H,1-2,5-9H2,(H,17,21)(H,18,20)(H,22,23). The number of amides is 2. The summed E-state index contributed by atoms with van der Waals surface area (Å²) in [5.74, 6) is -2.62. The predicted octanol–water partition coefficient (Wildman–Crippen LogP) is -0.227. The van der Waals surface area contributed by atoms with Crippen LogP contribution in [0.1, 0.15) is 36.2 Å². The van der Waals surface area contributed by atoms with E-state index in [2.05, 4.69) is 10.6 Å². The number of piperidine rings is 2. The fraction of sp³-hybridized carbons (Fsp3) is 0.562. The molecule has 3 rings (SSSR count). The first-order valence-corrected chi connectivity index (χ1v) is 10.1. The highest BCUT2D eigenvalue weighted by Crippen LogP contribution is 2.25. The zero-order valence-corrected chi connectivity index (χ0v) is 15.3. The van der Waals surface area contributed by atoms with Gasteiger partial charge in [0.2, 0.25) is 22.7 Å². The van der Waals surface area contributed by atoms with Gasteiger partial charge >= 0.3 is 5.97 Å². The van der Waals surface area contributed by atoms with E-state index in [1.54, 1.807) is 0 Å². The molecule has 10 nitrogen and oxygen atoms in total. The van der Waals surface area contributed by atoms with Crippen molar-refractivity contribution in [2.24, 2.45) is 5.92 Å². The van der Waals surface area contributed by atoms with E-state index in [1.807, 2.05) is 0 Å². The van der Waals surface area contributed by atoms with Gasteiger partial charge in [-0.3, -0.25) is 9.59 Å². The molecular weight excluding hydrogens is 378 g/mol. The van der Waals surface area contributed by atoms with Gasteiger partial charge in [-0.05, 0) is 37.8 Å². The Morgan fingerprint density at radius 3 is 2.52 bits per heavy atom. The molecule has 0 aromatic carbocycles. The molecule has 2 fully saturated rings. The van der Waals surface area contributed by atoms with E-state index in [0.29, 0.717) is 25.8 Å². The van der Waals surface area contributed by atoms with Gasteiger partial charge in [0.05, 0.1) is 0 Å². The number of carbonyl (C=O) groups excluding carboxylic acids is 2. The van der Waals surface area contributed by atoms with Gasteiger partial charge in [0.15, 0.2) is 0 Å². The Morgan fingerprint density at radius 1 is 1.22 bits per heavy atom. The third-order valence-electron chi connectivity index (χ3n) is 4.81. The first kappa shape index (κ1) is 19.4. The van der Waals surface area contributed by atoms with E-state index < -0.39 is 32.9 Å². The van der Waals surface area contributed by atoms with Crippen molar-refractivity contribution in [1.29, 1.82) is 0 Å². The van der Waals surface area contributed by atoms with Crippen molar-refractivity contribution >= 4 is 27.8 Å². The van der Waals surface area contributed by atoms with E-state index in [-0.39, 0.29) is 30.8 Å². The fourth-order valence-corrected chi connectivity index (χ4v) is 4.64. The summed E-state index contributed by atoms with van der Waals surface area (Å²) in [5, 5.41) is 13.9. The highest BCUT2D eigenvalue weighted by atomic mass is 32.2. The topological polar surface area (TPSA) is 146 Å². The SMILES string of the molecule is O=C(O)c1ccc(S(=O)(=O)N2CCC(C(=O)NC3CCCNC3=O)CC2)o1. The average Bonchev–Trinajstić information content (AvgIpc) is 3.15. The molecule has 0 radical (unpaired) electrons. The molecule has 11 heteroatoms. The van der Waals surface area contributed by atoms with E-state index >= 15 is 0 Å². The molecule has 0 spiro atoms. The van der Waals surface area contributed by atoms with Crippen molar-refractivity contribution in [1.82, 2.24) is 14.9 Å². The number of furan rings is 1. The number of rotatable bonds is 5. The van der Waals surface area contributed by atoms with Crippen molar-refractivity contribution in [2.75, 3.05) is 19.6 Å². The molecule has 1 aromatic heterocycles. The predicted molar refractivity (Wildman–Crippen MR) is 91.3 cm³/mol. The Bertz CT molecular complexity index is 840. The summed E-state index contributed by atoms with van der Waals surface area (Å²) in [4.78, 5) is 35.0. The number of carboxylic acid groups (broad SMARTS) is 1. The van der Waals surface area contributed by atoms with Crippen LogP contribution in [0.4, 0.5) is 0 Å². The van der Waals surface area contributed by atoms with Crippen LogP contribution in [0.5, 0.6) is 0 Å². The molecule has 1 atom stereocenters. The number of hydrogen-bond donors (Lipinski definition) is 3. The molecule has 3 N–H and O–H groups in total. The monoisotopic (exact) mass is 399 g/mol.